The van der Waals surface area contributed by atoms with E-state index < -0.39 is 0 Å². The minimum atomic E-state index is 0.188. The molecule has 0 bridgehead atoms. The fourth-order valence-corrected chi connectivity index (χ4v) is 2.57. The highest BCUT2D eigenvalue weighted by atomic mass is 79.9. The Bertz CT molecular complexity index is 403. The van der Waals surface area contributed by atoms with Gasteiger partial charge in [-0.25, -0.2) is 4.98 Å². The van der Waals surface area contributed by atoms with Crippen LogP contribution in [0.15, 0.2) is 16.7 Å². The molecule has 0 spiro atoms. The van der Waals surface area contributed by atoms with Gasteiger partial charge in [0.05, 0.1) is 11.2 Å². The van der Waals surface area contributed by atoms with Crippen molar-refractivity contribution in [2.75, 3.05) is 17.2 Å². The number of anilines is 2. The molecule has 4 heteroatoms. The SMILES string of the molecule is CC1(C2CC2)CNc2cc(Br)cnc2N1. The lowest BCUT2D eigenvalue weighted by Crippen LogP contribution is -2.47. The highest BCUT2D eigenvalue weighted by Gasteiger charge is 2.43. The summed E-state index contributed by atoms with van der Waals surface area (Å²) in [5.41, 5.74) is 1.29. The first-order chi connectivity index (χ1) is 7.17. The largest absolute Gasteiger partial charge is 0.380 e. The van der Waals surface area contributed by atoms with Crippen LogP contribution in [0.25, 0.3) is 0 Å². The van der Waals surface area contributed by atoms with Crippen molar-refractivity contribution in [2.24, 2.45) is 5.92 Å². The molecule has 2 heterocycles. The van der Waals surface area contributed by atoms with Crippen LogP contribution in [0.3, 0.4) is 0 Å². The van der Waals surface area contributed by atoms with E-state index in [1.54, 1.807) is 0 Å². The Morgan fingerprint density at radius 2 is 2.33 bits per heavy atom. The molecule has 3 nitrogen and oxygen atoms in total. The zero-order valence-electron chi connectivity index (χ0n) is 8.68. The first kappa shape index (κ1) is 9.46. The highest BCUT2D eigenvalue weighted by molar-refractivity contribution is 9.10. The van der Waals surface area contributed by atoms with E-state index in [0.29, 0.717) is 0 Å². The molecule has 1 unspecified atom stereocenters. The van der Waals surface area contributed by atoms with E-state index in [1.165, 1.54) is 12.8 Å². The second kappa shape index (κ2) is 3.11. The van der Waals surface area contributed by atoms with Gasteiger partial charge in [0.2, 0.25) is 0 Å². The van der Waals surface area contributed by atoms with Gasteiger partial charge in [-0.1, -0.05) is 0 Å². The van der Waals surface area contributed by atoms with Gasteiger partial charge in [-0.05, 0) is 47.7 Å². The van der Waals surface area contributed by atoms with E-state index in [1.807, 2.05) is 6.20 Å². The van der Waals surface area contributed by atoms with Crippen molar-refractivity contribution in [3.63, 3.8) is 0 Å². The molecule has 1 fully saturated rings. The van der Waals surface area contributed by atoms with Crippen molar-refractivity contribution in [2.45, 2.75) is 25.3 Å². The lowest BCUT2D eigenvalue weighted by atomic mass is 9.93. The Balaban J connectivity index is 1.92. The van der Waals surface area contributed by atoms with Crippen LogP contribution in [0.1, 0.15) is 19.8 Å². The molecule has 0 amide bonds. The number of nitrogens with zero attached hydrogens (tertiary/aromatic N) is 1. The third-order valence-corrected chi connectivity index (χ3v) is 3.82. The molecule has 0 saturated heterocycles. The summed E-state index contributed by atoms with van der Waals surface area (Å²) in [4.78, 5) is 4.40. The minimum Gasteiger partial charge on any atom is -0.380 e. The smallest absolute Gasteiger partial charge is 0.149 e. The zero-order valence-corrected chi connectivity index (χ0v) is 10.3. The minimum absolute atomic E-state index is 0.188. The van der Waals surface area contributed by atoms with E-state index in [9.17, 15) is 0 Å². The summed E-state index contributed by atoms with van der Waals surface area (Å²) in [6, 6.07) is 2.07. The van der Waals surface area contributed by atoms with Crippen molar-refractivity contribution in [1.29, 1.82) is 0 Å². The molecule has 0 aromatic carbocycles. The second-order valence-corrected chi connectivity index (χ2v) is 5.64. The second-order valence-electron chi connectivity index (χ2n) is 4.72. The fourth-order valence-electron chi connectivity index (χ4n) is 2.23. The Morgan fingerprint density at radius 1 is 1.53 bits per heavy atom. The van der Waals surface area contributed by atoms with Crippen LogP contribution in [0.2, 0.25) is 0 Å². The molecule has 1 aromatic heterocycles. The Labute approximate surface area is 97.8 Å². The van der Waals surface area contributed by atoms with Gasteiger partial charge in [0.25, 0.3) is 0 Å². The number of hydrogen-bond acceptors (Lipinski definition) is 3. The number of hydrogen-bond donors (Lipinski definition) is 2. The van der Waals surface area contributed by atoms with Gasteiger partial charge in [-0.15, -0.1) is 0 Å². The molecule has 1 atom stereocenters. The summed E-state index contributed by atoms with van der Waals surface area (Å²) < 4.78 is 1.02. The summed E-state index contributed by atoms with van der Waals surface area (Å²) in [7, 11) is 0. The van der Waals surface area contributed by atoms with Crippen LogP contribution in [-0.4, -0.2) is 17.1 Å². The lowest BCUT2D eigenvalue weighted by Gasteiger charge is -2.37. The van der Waals surface area contributed by atoms with Crippen molar-refractivity contribution in [3.05, 3.63) is 16.7 Å². The van der Waals surface area contributed by atoms with Crippen LogP contribution in [-0.2, 0) is 0 Å². The Morgan fingerprint density at radius 3 is 3.07 bits per heavy atom. The van der Waals surface area contributed by atoms with Gasteiger partial charge in [0.1, 0.15) is 5.82 Å². The molecule has 80 valence electrons. The van der Waals surface area contributed by atoms with Crippen LogP contribution < -0.4 is 10.6 Å². The predicted molar refractivity (Wildman–Crippen MR) is 65.2 cm³/mol. The maximum absolute atomic E-state index is 4.40. The molecule has 3 rings (SSSR count). The van der Waals surface area contributed by atoms with Gasteiger partial charge >= 0.3 is 0 Å². The summed E-state index contributed by atoms with van der Waals surface area (Å²) >= 11 is 3.43. The van der Waals surface area contributed by atoms with Crippen LogP contribution in [0, 0.1) is 5.92 Å². The van der Waals surface area contributed by atoms with Gasteiger partial charge in [-0.2, -0.15) is 0 Å². The number of fused-ring (bicyclic) bond motifs is 1. The van der Waals surface area contributed by atoms with Crippen molar-refractivity contribution in [1.82, 2.24) is 4.98 Å². The summed E-state index contributed by atoms with van der Waals surface area (Å²) in [5, 5.41) is 7.03. The van der Waals surface area contributed by atoms with Crippen molar-refractivity contribution in [3.8, 4) is 0 Å². The summed E-state index contributed by atoms with van der Waals surface area (Å²) in [6.45, 7) is 3.27. The maximum atomic E-state index is 4.40. The molecule has 1 aliphatic carbocycles. The van der Waals surface area contributed by atoms with Gasteiger partial charge in [0, 0.05) is 17.2 Å². The Hall–Kier alpha value is -0.770. The van der Waals surface area contributed by atoms with E-state index in [2.05, 4.69) is 44.5 Å². The topological polar surface area (TPSA) is 37.0 Å². The van der Waals surface area contributed by atoms with Gasteiger partial charge in [0.15, 0.2) is 0 Å². The first-order valence-electron chi connectivity index (χ1n) is 5.35. The van der Waals surface area contributed by atoms with Crippen LogP contribution in [0.5, 0.6) is 0 Å². The highest BCUT2D eigenvalue weighted by Crippen LogP contribution is 2.44. The number of nitrogens with one attached hydrogen (secondary N) is 2. The third-order valence-electron chi connectivity index (χ3n) is 3.38. The molecule has 1 saturated carbocycles. The van der Waals surface area contributed by atoms with E-state index in [4.69, 9.17) is 0 Å². The monoisotopic (exact) mass is 267 g/mol. The predicted octanol–water partition coefficient (Wildman–Crippen LogP) is 2.85. The number of rotatable bonds is 1. The van der Waals surface area contributed by atoms with Gasteiger partial charge < -0.3 is 10.6 Å². The zero-order chi connectivity index (χ0) is 10.5. The van der Waals surface area contributed by atoms with Crippen molar-refractivity contribution < 1.29 is 0 Å². The summed E-state index contributed by atoms with van der Waals surface area (Å²) in [5.74, 6) is 1.79. The fraction of sp³-hybridized carbons (Fsp3) is 0.545. The average molecular weight is 268 g/mol. The molecule has 1 aromatic rings. The molecule has 2 aliphatic rings. The number of pyridine rings is 1. The van der Waals surface area contributed by atoms with Crippen LogP contribution >= 0.6 is 15.9 Å². The first-order valence-corrected chi connectivity index (χ1v) is 6.14. The number of halogens is 1. The number of aromatic nitrogens is 1. The molecule has 1 aliphatic heterocycles. The van der Waals surface area contributed by atoms with E-state index in [-0.39, 0.29) is 5.54 Å². The third kappa shape index (κ3) is 1.61. The molecule has 2 N–H and O–H groups in total. The van der Waals surface area contributed by atoms with Crippen molar-refractivity contribution >= 4 is 27.4 Å². The lowest BCUT2D eigenvalue weighted by molar-refractivity contribution is 0.463. The molecular formula is C11H14BrN3. The van der Waals surface area contributed by atoms with Gasteiger partial charge in [-0.3, -0.25) is 0 Å². The molecule has 0 radical (unpaired) electrons. The quantitative estimate of drug-likeness (QED) is 0.822. The Kier molecular flexibility index (Phi) is 1.96. The van der Waals surface area contributed by atoms with Crippen LogP contribution in [0.4, 0.5) is 11.5 Å². The average Bonchev–Trinajstić information content (AvgIpc) is 3.02. The molecular weight excluding hydrogens is 254 g/mol. The summed E-state index contributed by atoms with van der Waals surface area (Å²) in [6.07, 6.45) is 4.53. The standard InChI is InChI=1S/C11H14BrN3/c1-11(7-2-3-7)6-14-9-4-8(12)5-13-10(9)15-11/h4-5,7,14H,2-3,6H2,1H3,(H,13,15). The maximum Gasteiger partial charge on any atom is 0.149 e. The van der Waals surface area contributed by atoms with E-state index in [0.717, 1.165) is 28.4 Å². The molecule has 15 heavy (non-hydrogen) atoms. The normalized spacial score (nSPS) is 28.9. The van der Waals surface area contributed by atoms with E-state index >= 15 is 0 Å².